The lowest BCUT2D eigenvalue weighted by atomic mass is 10.2. The summed E-state index contributed by atoms with van der Waals surface area (Å²) in [5.74, 6) is 0. The van der Waals surface area contributed by atoms with Crippen LogP contribution >= 0.6 is 0 Å². The van der Waals surface area contributed by atoms with E-state index in [1.807, 2.05) is 6.92 Å². The quantitative estimate of drug-likeness (QED) is 0.742. The van der Waals surface area contributed by atoms with Gasteiger partial charge >= 0.3 is 0 Å². The van der Waals surface area contributed by atoms with Crippen LogP contribution < -0.4 is 4.90 Å². The van der Waals surface area contributed by atoms with E-state index in [2.05, 4.69) is 22.6 Å². The van der Waals surface area contributed by atoms with Crippen molar-refractivity contribution >= 4 is 10.0 Å². The van der Waals surface area contributed by atoms with E-state index < -0.39 is 10.0 Å². The Balaban J connectivity index is 1.90. The second-order valence-electron chi connectivity index (χ2n) is 5.56. The zero-order chi connectivity index (χ0) is 15.7. The lowest BCUT2D eigenvalue weighted by molar-refractivity contribution is -0.883. The Bertz CT molecular complexity index is 751. The smallest absolute Gasteiger partial charge is 0.243 e. The van der Waals surface area contributed by atoms with Gasteiger partial charge in [-0.1, -0.05) is 0 Å². The molecule has 0 aliphatic carbocycles. The molecule has 1 saturated heterocycles. The van der Waals surface area contributed by atoms with Gasteiger partial charge in [0.25, 0.3) is 0 Å². The van der Waals surface area contributed by atoms with E-state index in [1.165, 1.54) is 15.9 Å². The summed E-state index contributed by atoms with van der Waals surface area (Å²) in [5, 5.41) is 11.0. The number of tetrazole rings is 1. The van der Waals surface area contributed by atoms with E-state index in [-0.39, 0.29) is 0 Å². The minimum Gasteiger partial charge on any atom is -0.335 e. The van der Waals surface area contributed by atoms with Crippen LogP contribution in [0.4, 0.5) is 0 Å². The molecule has 0 bridgehead atoms. The molecule has 2 heterocycles. The number of rotatable bonds is 3. The van der Waals surface area contributed by atoms with Crippen LogP contribution in [0.1, 0.15) is 5.56 Å². The molecule has 0 unspecified atom stereocenters. The highest BCUT2D eigenvalue weighted by molar-refractivity contribution is 7.89. The summed E-state index contributed by atoms with van der Waals surface area (Å²) < 4.78 is 28.5. The molecule has 0 atom stereocenters. The topological polar surface area (TPSA) is 85.4 Å². The number of sulfonamides is 1. The monoisotopic (exact) mass is 323 g/mol. The first kappa shape index (κ1) is 15.1. The van der Waals surface area contributed by atoms with Crippen LogP contribution in [-0.2, 0) is 10.0 Å². The first-order valence-corrected chi connectivity index (χ1v) is 8.58. The van der Waals surface area contributed by atoms with E-state index in [9.17, 15) is 8.42 Å². The predicted octanol–water partition coefficient (Wildman–Crippen LogP) is -1.51. The van der Waals surface area contributed by atoms with Crippen LogP contribution in [0.15, 0.2) is 29.4 Å². The molecule has 118 valence electrons. The van der Waals surface area contributed by atoms with Crippen LogP contribution in [0.2, 0.25) is 0 Å². The number of hydrogen-bond donors (Lipinski definition) is 1. The van der Waals surface area contributed by atoms with Crippen molar-refractivity contribution in [3.8, 4) is 5.69 Å². The molecule has 1 fully saturated rings. The van der Waals surface area contributed by atoms with E-state index in [0.717, 1.165) is 24.3 Å². The number of aryl methyl sites for hydroxylation is 1. The van der Waals surface area contributed by atoms with Gasteiger partial charge in [-0.3, -0.25) is 0 Å². The molecule has 9 heteroatoms. The average Bonchev–Trinajstić information content (AvgIpc) is 3.01. The fourth-order valence-electron chi connectivity index (χ4n) is 2.57. The number of hydrogen-bond acceptors (Lipinski definition) is 5. The third kappa shape index (κ3) is 2.74. The summed E-state index contributed by atoms with van der Waals surface area (Å²) in [6.45, 7) is 4.63. The number of nitrogens with one attached hydrogen (secondary N) is 1. The summed E-state index contributed by atoms with van der Waals surface area (Å²) in [6, 6.07) is 5.03. The molecule has 1 N–H and O–H groups in total. The van der Waals surface area contributed by atoms with Crippen molar-refractivity contribution in [3.05, 3.63) is 30.1 Å². The number of aromatic nitrogens is 4. The zero-order valence-electron chi connectivity index (χ0n) is 12.6. The number of benzene rings is 1. The van der Waals surface area contributed by atoms with Gasteiger partial charge in [-0.15, -0.1) is 5.10 Å². The van der Waals surface area contributed by atoms with Gasteiger partial charge in [-0.25, -0.2) is 13.1 Å². The van der Waals surface area contributed by atoms with Gasteiger partial charge in [0.2, 0.25) is 10.0 Å². The van der Waals surface area contributed by atoms with Crippen molar-refractivity contribution in [2.75, 3.05) is 33.2 Å². The van der Waals surface area contributed by atoms with Crippen molar-refractivity contribution in [1.82, 2.24) is 24.5 Å². The number of quaternary nitrogens is 1. The van der Waals surface area contributed by atoms with Gasteiger partial charge in [-0.2, -0.15) is 4.31 Å². The second kappa shape index (κ2) is 5.75. The summed E-state index contributed by atoms with van der Waals surface area (Å²) in [5.41, 5.74) is 1.58. The van der Waals surface area contributed by atoms with Crippen LogP contribution in [-0.4, -0.2) is 66.2 Å². The third-order valence-corrected chi connectivity index (χ3v) is 5.87. The molecular formula is C13H19N6O2S+. The standard InChI is InChI=1S/C13H18N6O2S/c1-11-9-12(3-4-13(11)19-10-14-15-16-19)22(20,21)18-7-5-17(2)6-8-18/h3-4,9-10H,5-8H2,1-2H3/p+1. The molecule has 8 nitrogen and oxygen atoms in total. The molecule has 2 aromatic rings. The largest absolute Gasteiger partial charge is 0.335 e. The highest BCUT2D eigenvalue weighted by atomic mass is 32.2. The Kier molecular flexibility index (Phi) is 3.94. The summed E-state index contributed by atoms with van der Waals surface area (Å²) >= 11 is 0. The highest BCUT2D eigenvalue weighted by Crippen LogP contribution is 2.21. The first-order valence-electron chi connectivity index (χ1n) is 7.14. The molecule has 1 aromatic carbocycles. The van der Waals surface area contributed by atoms with Crippen molar-refractivity contribution in [3.63, 3.8) is 0 Å². The van der Waals surface area contributed by atoms with Crippen molar-refractivity contribution < 1.29 is 13.3 Å². The van der Waals surface area contributed by atoms with Gasteiger partial charge < -0.3 is 4.90 Å². The Labute approximate surface area is 129 Å². The number of nitrogens with zero attached hydrogens (tertiary/aromatic N) is 5. The second-order valence-corrected chi connectivity index (χ2v) is 7.50. The Morgan fingerprint density at radius 3 is 2.55 bits per heavy atom. The van der Waals surface area contributed by atoms with E-state index in [0.29, 0.717) is 18.0 Å². The zero-order valence-corrected chi connectivity index (χ0v) is 13.4. The molecule has 3 rings (SSSR count). The third-order valence-electron chi connectivity index (χ3n) is 3.98. The molecular weight excluding hydrogens is 304 g/mol. The minimum absolute atomic E-state index is 0.321. The van der Waals surface area contributed by atoms with Crippen molar-refractivity contribution in [2.24, 2.45) is 0 Å². The lowest BCUT2D eigenvalue weighted by Gasteiger charge is -2.29. The maximum atomic E-state index is 12.7. The van der Waals surface area contributed by atoms with Gasteiger partial charge in [0.15, 0.2) is 0 Å². The maximum absolute atomic E-state index is 12.7. The van der Waals surface area contributed by atoms with Crippen molar-refractivity contribution in [1.29, 1.82) is 0 Å². The Morgan fingerprint density at radius 2 is 1.95 bits per heavy atom. The molecule has 0 radical (unpaired) electrons. The van der Waals surface area contributed by atoms with E-state index >= 15 is 0 Å². The van der Waals surface area contributed by atoms with Gasteiger partial charge in [-0.05, 0) is 41.1 Å². The van der Waals surface area contributed by atoms with Crippen LogP contribution in [0, 0.1) is 6.92 Å². The van der Waals surface area contributed by atoms with Crippen LogP contribution in [0.5, 0.6) is 0 Å². The number of likely N-dealkylation sites (N-methyl/N-ethyl adjacent to an activating group) is 1. The average molecular weight is 323 g/mol. The Morgan fingerprint density at radius 1 is 1.23 bits per heavy atom. The van der Waals surface area contributed by atoms with E-state index in [4.69, 9.17) is 0 Å². The molecule has 1 aliphatic heterocycles. The van der Waals surface area contributed by atoms with Gasteiger partial charge in [0, 0.05) is 0 Å². The molecule has 22 heavy (non-hydrogen) atoms. The Hall–Kier alpha value is -1.84. The van der Waals surface area contributed by atoms with Crippen LogP contribution in [0.3, 0.4) is 0 Å². The predicted molar refractivity (Wildman–Crippen MR) is 79.3 cm³/mol. The number of piperazine rings is 1. The summed E-state index contributed by atoms with van der Waals surface area (Å²) in [7, 11) is -1.36. The lowest BCUT2D eigenvalue weighted by Crippen LogP contribution is -3.12. The van der Waals surface area contributed by atoms with Crippen LogP contribution in [0.25, 0.3) is 5.69 Å². The molecule has 0 saturated carbocycles. The molecule has 1 aromatic heterocycles. The fourth-order valence-corrected chi connectivity index (χ4v) is 4.10. The highest BCUT2D eigenvalue weighted by Gasteiger charge is 2.29. The minimum atomic E-state index is -3.43. The SMILES string of the molecule is Cc1cc(S(=O)(=O)N2CC[NH+](C)CC2)ccc1-n1cnnn1. The van der Waals surface area contributed by atoms with E-state index in [1.54, 1.807) is 22.5 Å². The molecule has 0 amide bonds. The first-order chi connectivity index (χ1) is 10.5. The maximum Gasteiger partial charge on any atom is 0.243 e. The summed E-state index contributed by atoms with van der Waals surface area (Å²) in [6.07, 6.45) is 1.49. The normalized spacial score (nSPS) is 17.7. The van der Waals surface area contributed by atoms with Gasteiger partial charge in [0.05, 0.1) is 43.8 Å². The van der Waals surface area contributed by atoms with Crippen molar-refractivity contribution in [2.45, 2.75) is 11.8 Å². The molecule has 0 spiro atoms. The summed E-state index contributed by atoms with van der Waals surface area (Å²) in [4.78, 5) is 1.68. The fraction of sp³-hybridized carbons (Fsp3) is 0.462. The molecule has 1 aliphatic rings. The van der Waals surface area contributed by atoms with Gasteiger partial charge in [0.1, 0.15) is 6.33 Å².